The number of ether oxygens (including phenoxy) is 6. The molecule has 3 unspecified atom stereocenters. The molecule has 3 aliphatic heterocycles. The van der Waals surface area contributed by atoms with Crippen molar-refractivity contribution in [2.24, 2.45) is 17.8 Å². The highest BCUT2D eigenvalue weighted by Crippen LogP contribution is 2.37. The summed E-state index contributed by atoms with van der Waals surface area (Å²) in [6.45, 7) is 15.1. The Morgan fingerprint density at radius 2 is 1.55 bits per heavy atom. The lowest BCUT2D eigenvalue weighted by atomic mass is 9.78. The van der Waals surface area contributed by atoms with Crippen LogP contribution in [0.2, 0.25) is 0 Å². The minimum Gasteiger partial charge on any atom is -0.459 e. The molecule has 15 nitrogen and oxygen atoms in total. The molecule has 0 aliphatic carbocycles. The highest BCUT2D eigenvalue weighted by molar-refractivity contribution is 5.83. The molecule has 310 valence electrons. The molecule has 0 aromatic heterocycles. The van der Waals surface area contributed by atoms with Gasteiger partial charge in [-0.25, -0.2) is 0 Å². The van der Waals surface area contributed by atoms with Gasteiger partial charge >= 0.3 is 5.97 Å². The first-order valence-corrected chi connectivity index (χ1v) is 19.4. The monoisotopic (exact) mass is 763 g/mol. The highest BCUT2D eigenvalue weighted by atomic mass is 16.7. The van der Waals surface area contributed by atoms with Gasteiger partial charge < -0.3 is 59.1 Å². The van der Waals surface area contributed by atoms with Gasteiger partial charge in [-0.3, -0.25) is 14.5 Å². The van der Waals surface area contributed by atoms with E-state index in [0.29, 0.717) is 19.4 Å². The average Bonchev–Trinajstić information content (AvgIpc) is 3.11. The van der Waals surface area contributed by atoms with Gasteiger partial charge in [0.2, 0.25) is 0 Å². The molecule has 3 fully saturated rings. The molecule has 0 aromatic carbocycles. The number of nitrogens with zero attached hydrogens (tertiary/aromatic N) is 1. The van der Waals surface area contributed by atoms with E-state index in [4.69, 9.17) is 28.4 Å². The molecular weight excluding hydrogens is 694 g/mol. The molecule has 3 rings (SSSR count). The Balaban J connectivity index is 2.07. The zero-order valence-electron chi connectivity index (χ0n) is 33.6. The van der Waals surface area contributed by atoms with Crippen molar-refractivity contribution in [3.63, 3.8) is 0 Å². The first-order chi connectivity index (χ1) is 24.6. The van der Waals surface area contributed by atoms with Crippen LogP contribution in [0.1, 0.15) is 101 Å². The maximum absolute atomic E-state index is 13.9. The molecule has 18 atom stereocenters. The van der Waals surface area contributed by atoms with Crippen molar-refractivity contribution < 1.29 is 68.6 Å². The Kier molecular flexibility index (Phi) is 16.7. The molecule has 3 heterocycles. The van der Waals surface area contributed by atoms with Gasteiger partial charge in [-0.15, -0.1) is 0 Å². The number of aliphatic hydroxyl groups excluding tert-OH is 5. The summed E-state index contributed by atoms with van der Waals surface area (Å²) in [5.74, 6) is -4.14. The van der Waals surface area contributed by atoms with Crippen LogP contribution in [0.25, 0.3) is 0 Å². The molecule has 3 aliphatic rings. The first-order valence-electron chi connectivity index (χ1n) is 19.4. The number of esters is 1. The van der Waals surface area contributed by atoms with E-state index in [9.17, 15) is 40.2 Å². The lowest BCUT2D eigenvalue weighted by Crippen LogP contribution is -2.58. The van der Waals surface area contributed by atoms with E-state index in [0.717, 1.165) is 0 Å². The summed E-state index contributed by atoms with van der Waals surface area (Å²) in [4.78, 5) is 29.5. The summed E-state index contributed by atoms with van der Waals surface area (Å²) in [7, 11) is 3.27. The standard InChI is InChI=1S/C38H69NO14/c1-12-24(40)18-39(10)25-15-20(4)49-36(32(25)43)52-28-16-27(51-30-17-37(8,48-11)34(45)23(7)50-30)21(5)35(46)53-29(13-2)38(9,47)33(44)22(6)31(42)19(3)14-26(28)41/h19-30,32-34,36,40-41,43-45,47H,12-18H2,1-11H3/t19-,20-,21-,22+,23+,24?,25+,26-,27+,28-,29-,30?,32-,33-,34+,36?,37-,38-/m1/s1. The van der Waals surface area contributed by atoms with Crippen LogP contribution in [0.3, 0.4) is 0 Å². The summed E-state index contributed by atoms with van der Waals surface area (Å²) in [6, 6.07) is -0.460. The van der Waals surface area contributed by atoms with Crippen molar-refractivity contribution in [1.29, 1.82) is 0 Å². The van der Waals surface area contributed by atoms with Gasteiger partial charge in [0.25, 0.3) is 0 Å². The summed E-state index contributed by atoms with van der Waals surface area (Å²) < 4.78 is 36.6. The predicted molar refractivity (Wildman–Crippen MR) is 192 cm³/mol. The average molecular weight is 764 g/mol. The van der Waals surface area contributed by atoms with Gasteiger partial charge in [-0.05, 0) is 67.3 Å². The largest absolute Gasteiger partial charge is 0.459 e. The molecule has 53 heavy (non-hydrogen) atoms. The maximum atomic E-state index is 13.9. The summed E-state index contributed by atoms with van der Waals surface area (Å²) in [6.07, 6.45) is -11.6. The second-order valence-electron chi connectivity index (χ2n) is 16.3. The van der Waals surface area contributed by atoms with Gasteiger partial charge in [0.05, 0.1) is 54.2 Å². The van der Waals surface area contributed by atoms with Crippen molar-refractivity contribution in [3.8, 4) is 0 Å². The molecule has 0 radical (unpaired) electrons. The van der Waals surface area contributed by atoms with E-state index in [1.807, 2.05) is 18.7 Å². The van der Waals surface area contributed by atoms with Crippen molar-refractivity contribution in [1.82, 2.24) is 4.90 Å². The van der Waals surface area contributed by atoms with E-state index in [1.165, 1.54) is 21.0 Å². The number of hydrogen-bond donors (Lipinski definition) is 6. The fraction of sp³-hybridized carbons (Fsp3) is 0.947. The number of rotatable bonds is 10. The number of cyclic esters (lactones) is 1. The Bertz CT molecular complexity index is 1180. The fourth-order valence-electron chi connectivity index (χ4n) is 7.99. The lowest BCUT2D eigenvalue weighted by molar-refractivity contribution is -0.303. The first kappa shape index (κ1) is 46.0. The molecule has 0 aromatic rings. The van der Waals surface area contributed by atoms with E-state index in [-0.39, 0.29) is 31.8 Å². The topological polar surface area (TPSA) is 214 Å². The summed E-state index contributed by atoms with van der Waals surface area (Å²) in [5, 5.41) is 67.4. The normalized spacial score (nSPS) is 46.1. The Morgan fingerprint density at radius 1 is 0.906 bits per heavy atom. The number of ketones is 1. The van der Waals surface area contributed by atoms with Crippen LogP contribution < -0.4 is 0 Å². The lowest BCUT2D eigenvalue weighted by Gasteiger charge is -2.46. The SMILES string of the molecule is CCC(O)CN(C)[C@H]1C[C@@H](C)OC(O[C@@H]2C[C@H](OC3C[C@@](C)(OC)[C@@H](O)[C@H](C)O3)[C@@H](C)C(=O)O[C@H](CC)[C@@](C)(O)[C@H](O)[C@@H](C)C(=O)[C@H](C)C[C@H]2O)[C@@H]1O. The molecule has 0 amide bonds. The molecule has 0 spiro atoms. The van der Waals surface area contributed by atoms with E-state index in [1.54, 1.807) is 41.7 Å². The number of Topliss-reactive ketones (excluding diaryl/α,β-unsaturated/α-hetero) is 1. The third kappa shape index (κ3) is 11.0. The zero-order valence-corrected chi connectivity index (χ0v) is 33.6. The Morgan fingerprint density at radius 3 is 2.13 bits per heavy atom. The van der Waals surface area contributed by atoms with Crippen LogP contribution >= 0.6 is 0 Å². The molecule has 6 N–H and O–H groups in total. The van der Waals surface area contributed by atoms with E-state index >= 15 is 0 Å². The van der Waals surface area contributed by atoms with Gasteiger partial charge in [0.15, 0.2) is 12.6 Å². The second-order valence-corrected chi connectivity index (χ2v) is 16.3. The minimum absolute atomic E-state index is 0.0862. The minimum atomic E-state index is -2.00. The number of methoxy groups -OCH3 is 1. The van der Waals surface area contributed by atoms with Crippen molar-refractivity contribution >= 4 is 11.8 Å². The Labute approximate surface area is 315 Å². The van der Waals surface area contributed by atoms with Crippen LogP contribution in [0.5, 0.6) is 0 Å². The number of carbonyl (C=O) groups is 2. The molecule has 0 saturated carbocycles. The van der Waals surface area contributed by atoms with Crippen LogP contribution in [-0.4, -0.2) is 159 Å². The van der Waals surface area contributed by atoms with Crippen molar-refractivity contribution in [2.75, 3.05) is 20.7 Å². The summed E-state index contributed by atoms with van der Waals surface area (Å²) in [5.41, 5.74) is -3.05. The van der Waals surface area contributed by atoms with Gasteiger partial charge in [0, 0.05) is 44.4 Å². The molecule has 0 bridgehead atoms. The van der Waals surface area contributed by atoms with Crippen molar-refractivity contribution in [3.05, 3.63) is 0 Å². The van der Waals surface area contributed by atoms with Crippen molar-refractivity contribution in [2.45, 2.75) is 192 Å². The van der Waals surface area contributed by atoms with Crippen LogP contribution in [0, 0.1) is 17.8 Å². The van der Waals surface area contributed by atoms with Gasteiger partial charge in [-0.2, -0.15) is 0 Å². The van der Waals surface area contributed by atoms with Crippen LogP contribution in [0.4, 0.5) is 0 Å². The highest BCUT2D eigenvalue weighted by Gasteiger charge is 2.50. The molecular formula is C38H69NO14. The molecule has 3 saturated heterocycles. The Hall–Kier alpha value is -1.34. The number of carbonyl (C=O) groups excluding carboxylic acids is 2. The van der Waals surface area contributed by atoms with Crippen LogP contribution in [0.15, 0.2) is 0 Å². The summed E-state index contributed by atoms with van der Waals surface area (Å²) >= 11 is 0. The number of aliphatic hydroxyl groups is 6. The predicted octanol–water partition coefficient (Wildman–Crippen LogP) is 1.29. The maximum Gasteiger partial charge on any atom is 0.311 e. The van der Waals surface area contributed by atoms with Gasteiger partial charge in [0.1, 0.15) is 29.7 Å². The van der Waals surface area contributed by atoms with E-state index < -0.39 is 114 Å². The number of hydrogen-bond acceptors (Lipinski definition) is 15. The van der Waals surface area contributed by atoms with Gasteiger partial charge in [-0.1, -0.05) is 27.7 Å². The zero-order chi connectivity index (χ0) is 40.2. The quantitative estimate of drug-likeness (QED) is 0.173. The van der Waals surface area contributed by atoms with Crippen LogP contribution in [-0.2, 0) is 38.0 Å². The number of likely N-dealkylation sites (N-methyl/N-ethyl adjacent to an activating group) is 1. The third-order valence-electron chi connectivity index (χ3n) is 12.0. The molecule has 15 heteroatoms. The second kappa shape index (κ2) is 19.2. The van der Waals surface area contributed by atoms with E-state index in [2.05, 4.69) is 0 Å². The smallest absolute Gasteiger partial charge is 0.311 e. The third-order valence-corrected chi connectivity index (χ3v) is 12.0. The fourth-order valence-corrected chi connectivity index (χ4v) is 7.99.